The molecule has 0 radical (unpaired) electrons. The largest absolute Gasteiger partial charge is 0.416 e. The van der Waals surface area contributed by atoms with E-state index in [0.29, 0.717) is 23.6 Å². The van der Waals surface area contributed by atoms with Crippen LogP contribution in [0.25, 0.3) is 68.1 Å². The van der Waals surface area contributed by atoms with Gasteiger partial charge in [0.05, 0.1) is 0 Å². The van der Waals surface area contributed by atoms with Crippen molar-refractivity contribution in [3.63, 3.8) is 0 Å². The van der Waals surface area contributed by atoms with E-state index in [1.165, 1.54) is 11.1 Å². The summed E-state index contributed by atoms with van der Waals surface area (Å²) >= 11 is 0. The third-order valence-corrected chi connectivity index (χ3v) is 8.66. The average Bonchev–Trinajstić information content (AvgIpc) is 3.79. The predicted molar refractivity (Wildman–Crippen MR) is 192 cm³/mol. The molecule has 48 heavy (non-hydrogen) atoms. The summed E-state index contributed by atoms with van der Waals surface area (Å²) < 4.78 is 12.1. The zero-order valence-corrected chi connectivity index (χ0v) is 28.2. The van der Waals surface area contributed by atoms with Crippen LogP contribution in [0.5, 0.6) is 0 Å². The standard InChI is InChI=1S/C42H38N4O2/c1-41(2,3)33-23-19-31(20-24-33)39-45-43-37(47-39)29-15-11-27(12-16-29)35-9-7-8-10-36(35)28-13-17-30(18-14-28)38-44-46-40(48-38)32-21-25-34(26-22-32)42(4,5)6/h7-26H,1-6H3. The summed E-state index contributed by atoms with van der Waals surface area (Å²) in [5, 5.41) is 17.3. The maximum Gasteiger partial charge on any atom is 0.248 e. The fraction of sp³-hybridized carbons (Fsp3) is 0.190. The molecule has 0 aliphatic rings. The molecule has 2 heterocycles. The molecule has 0 spiro atoms. The molecular formula is C42H38N4O2. The van der Waals surface area contributed by atoms with Crippen LogP contribution in [0.3, 0.4) is 0 Å². The van der Waals surface area contributed by atoms with Gasteiger partial charge in [0.1, 0.15) is 0 Å². The maximum atomic E-state index is 6.07. The van der Waals surface area contributed by atoms with Gasteiger partial charge in [0.15, 0.2) is 0 Å². The Morgan fingerprint density at radius 1 is 0.333 bits per heavy atom. The van der Waals surface area contributed by atoms with Gasteiger partial charge in [-0.1, -0.05) is 114 Å². The molecule has 0 fully saturated rings. The van der Waals surface area contributed by atoms with Crippen molar-refractivity contribution in [3.05, 3.63) is 132 Å². The summed E-state index contributed by atoms with van der Waals surface area (Å²) in [5.41, 5.74) is 10.7. The molecule has 0 aliphatic heterocycles. The van der Waals surface area contributed by atoms with Crippen LogP contribution < -0.4 is 0 Å². The van der Waals surface area contributed by atoms with Crippen molar-refractivity contribution in [2.24, 2.45) is 0 Å². The molecule has 2 aromatic heterocycles. The van der Waals surface area contributed by atoms with Gasteiger partial charge in [-0.15, -0.1) is 20.4 Å². The van der Waals surface area contributed by atoms with E-state index in [-0.39, 0.29) is 10.8 Å². The van der Waals surface area contributed by atoms with E-state index in [2.05, 4.69) is 135 Å². The lowest BCUT2D eigenvalue weighted by Gasteiger charge is -2.18. The lowest BCUT2D eigenvalue weighted by atomic mass is 9.87. The minimum Gasteiger partial charge on any atom is -0.416 e. The highest BCUT2D eigenvalue weighted by Crippen LogP contribution is 2.35. The molecule has 6 nitrogen and oxygen atoms in total. The van der Waals surface area contributed by atoms with Crippen molar-refractivity contribution in [2.45, 2.75) is 52.4 Å². The number of hydrogen-bond donors (Lipinski definition) is 0. The van der Waals surface area contributed by atoms with Crippen molar-refractivity contribution in [3.8, 4) is 68.1 Å². The van der Waals surface area contributed by atoms with E-state index in [9.17, 15) is 0 Å². The zero-order valence-electron chi connectivity index (χ0n) is 28.2. The average molecular weight is 631 g/mol. The molecule has 7 aromatic rings. The van der Waals surface area contributed by atoms with E-state index < -0.39 is 0 Å². The first kappa shape index (κ1) is 31.0. The van der Waals surface area contributed by atoms with Crippen LogP contribution in [0.2, 0.25) is 0 Å². The Morgan fingerprint density at radius 3 is 0.854 bits per heavy atom. The Morgan fingerprint density at radius 2 is 0.583 bits per heavy atom. The third-order valence-electron chi connectivity index (χ3n) is 8.66. The molecule has 6 heteroatoms. The van der Waals surface area contributed by atoms with Gasteiger partial charge < -0.3 is 8.83 Å². The first-order chi connectivity index (χ1) is 23.0. The highest BCUT2D eigenvalue weighted by molar-refractivity contribution is 5.84. The minimum atomic E-state index is 0.0854. The Bertz CT molecular complexity index is 2000. The van der Waals surface area contributed by atoms with Crippen LogP contribution in [0.1, 0.15) is 52.7 Å². The first-order valence-corrected chi connectivity index (χ1v) is 16.2. The quantitative estimate of drug-likeness (QED) is 0.182. The summed E-state index contributed by atoms with van der Waals surface area (Å²) in [6.07, 6.45) is 0. The number of aromatic nitrogens is 4. The molecule has 7 rings (SSSR count). The van der Waals surface area contributed by atoms with Gasteiger partial charge in [0.25, 0.3) is 0 Å². The topological polar surface area (TPSA) is 77.8 Å². The van der Waals surface area contributed by atoms with E-state index in [4.69, 9.17) is 8.83 Å². The smallest absolute Gasteiger partial charge is 0.248 e. The van der Waals surface area contributed by atoms with Crippen LogP contribution in [-0.2, 0) is 10.8 Å². The van der Waals surface area contributed by atoms with Crippen LogP contribution in [0.15, 0.2) is 130 Å². The summed E-state index contributed by atoms with van der Waals surface area (Å²) in [6, 6.07) is 41.5. The number of nitrogens with zero attached hydrogens (tertiary/aromatic N) is 4. The highest BCUT2D eigenvalue weighted by Gasteiger charge is 2.17. The molecule has 0 amide bonds. The third kappa shape index (κ3) is 6.34. The van der Waals surface area contributed by atoms with Gasteiger partial charge in [-0.2, -0.15) is 0 Å². The summed E-state index contributed by atoms with van der Waals surface area (Å²) in [4.78, 5) is 0. The Kier molecular flexibility index (Phi) is 7.88. The molecule has 0 bridgehead atoms. The molecule has 238 valence electrons. The first-order valence-electron chi connectivity index (χ1n) is 16.2. The molecular weight excluding hydrogens is 592 g/mol. The van der Waals surface area contributed by atoms with Gasteiger partial charge in [-0.3, -0.25) is 0 Å². The monoisotopic (exact) mass is 630 g/mol. The molecule has 0 atom stereocenters. The fourth-order valence-electron chi connectivity index (χ4n) is 5.71. The summed E-state index contributed by atoms with van der Waals surface area (Å²) in [7, 11) is 0. The maximum absolute atomic E-state index is 6.07. The molecule has 0 saturated carbocycles. The summed E-state index contributed by atoms with van der Waals surface area (Å²) in [5.74, 6) is 2.00. The van der Waals surface area contributed by atoms with Crippen LogP contribution in [-0.4, -0.2) is 20.4 Å². The molecule has 0 N–H and O–H groups in total. The van der Waals surface area contributed by atoms with Crippen LogP contribution in [0, 0.1) is 0 Å². The van der Waals surface area contributed by atoms with Gasteiger partial charge in [-0.05, 0) is 92.7 Å². The number of benzene rings is 5. The minimum absolute atomic E-state index is 0.0854. The van der Waals surface area contributed by atoms with Gasteiger partial charge >= 0.3 is 0 Å². The molecule has 0 aliphatic carbocycles. The lowest BCUT2D eigenvalue weighted by Crippen LogP contribution is -2.10. The normalized spacial score (nSPS) is 12.0. The van der Waals surface area contributed by atoms with Gasteiger partial charge in [0, 0.05) is 22.3 Å². The second-order valence-electron chi connectivity index (χ2n) is 14.2. The zero-order chi connectivity index (χ0) is 33.5. The Hall–Kier alpha value is -5.62. The van der Waals surface area contributed by atoms with E-state index in [0.717, 1.165) is 44.5 Å². The van der Waals surface area contributed by atoms with Crippen molar-refractivity contribution >= 4 is 0 Å². The Balaban J connectivity index is 1.08. The molecule has 0 saturated heterocycles. The molecule has 5 aromatic carbocycles. The lowest BCUT2D eigenvalue weighted by molar-refractivity contribution is 0.582. The van der Waals surface area contributed by atoms with E-state index in [1.54, 1.807) is 0 Å². The number of hydrogen-bond acceptors (Lipinski definition) is 6. The SMILES string of the molecule is CC(C)(C)c1ccc(-c2nnc(-c3ccc(-c4ccccc4-c4ccc(-c5nnc(-c6ccc(C(C)(C)C)cc6)o5)cc4)cc3)o2)cc1. The second-order valence-corrected chi connectivity index (χ2v) is 14.2. The van der Waals surface area contributed by atoms with Crippen molar-refractivity contribution in [1.82, 2.24) is 20.4 Å². The van der Waals surface area contributed by atoms with E-state index in [1.807, 2.05) is 48.5 Å². The summed E-state index contributed by atoms with van der Waals surface area (Å²) in [6.45, 7) is 13.2. The fourth-order valence-corrected chi connectivity index (χ4v) is 5.71. The molecule has 0 unspecified atom stereocenters. The Labute approximate surface area is 281 Å². The van der Waals surface area contributed by atoms with Crippen LogP contribution >= 0.6 is 0 Å². The van der Waals surface area contributed by atoms with Crippen LogP contribution in [0.4, 0.5) is 0 Å². The van der Waals surface area contributed by atoms with Crippen molar-refractivity contribution < 1.29 is 8.83 Å². The highest BCUT2D eigenvalue weighted by atomic mass is 16.4. The van der Waals surface area contributed by atoms with Crippen molar-refractivity contribution in [2.75, 3.05) is 0 Å². The number of rotatable bonds is 6. The van der Waals surface area contributed by atoms with Crippen molar-refractivity contribution in [1.29, 1.82) is 0 Å². The van der Waals surface area contributed by atoms with E-state index >= 15 is 0 Å². The van der Waals surface area contributed by atoms with Gasteiger partial charge in [-0.25, -0.2) is 0 Å². The predicted octanol–water partition coefficient (Wildman–Crippen LogP) is 11.0. The second kappa shape index (κ2) is 12.2. The van der Waals surface area contributed by atoms with Gasteiger partial charge in [0.2, 0.25) is 23.6 Å².